The third kappa shape index (κ3) is 2.42. The number of hydrogen-bond acceptors (Lipinski definition) is 4. The molecule has 5 nitrogen and oxygen atoms in total. The van der Waals surface area contributed by atoms with E-state index in [2.05, 4.69) is 25.9 Å². The fraction of sp³-hybridized carbons (Fsp3) is 0.571. The molecule has 0 saturated carbocycles. The predicted molar refractivity (Wildman–Crippen MR) is 75.4 cm³/mol. The van der Waals surface area contributed by atoms with Gasteiger partial charge in [-0.1, -0.05) is 0 Å². The second-order valence-electron chi connectivity index (χ2n) is 4.94. The fourth-order valence-electron chi connectivity index (χ4n) is 2.79. The Morgan fingerprint density at radius 2 is 2.37 bits per heavy atom. The molecule has 19 heavy (non-hydrogen) atoms. The normalized spacial score (nSPS) is 20.1. The van der Waals surface area contributed by atoms with Crippen molar-refractivity contribution < 1.29 is 4.74 Å². The van der Waals surface area contributed by atoms with Gasteiger partial charge in [0.1, 0.15) is 17.8 Å². The highest BCUT2D eigenvalue weighted by atomic mass is 16.5. The van der Waals surface area contributed by atoms with Crippen LogP contribution >= 0.6 is 0 Å². The zero-order chi connectivity index (χ0) is 13.1. The molecular formula is C14H20N4O. The molecule has 1 aliphatic heterocycles. The quantitative estimate of drug-likeness (QED) is 0.917. The fourth-order valence-corrected chi connectivity index (χ4v) is 2.79. The van der Waals surface area contributed by atoms with Crippen LogP contribution in [0.2, 0.25) is 0 Å². The first kappa shape index (κ1) is 12.4. The van der Waals surface area contributed by atoms with Crippen LogP contribution in [0.3, 0.4) is 0 Å². The van der Waals surface area contributed by atoms with Crippen LogP contribution < -0.4 is 4.90 Å². The molecule has 0 spiro atoms. The lowest BCUT2D eigenvalue weighted by Crippen LogP contribution is -2.43. The number of aromatic amines is 1. The van der Waals surface area contributed by atoms with E-state index in [0.717, 1.165) is 36.6 Å². The van der Waals surface area contributed by atoms with Gasteiger partial charge < -0.3 is 14.6 Å². The summed E-state index contributed by atoms with van der Waals surface area (Å²) < 4.78 is 5.63. The van der Waals surface area contributed by atoms with E-state index in [1.54, 1.807) is 6.33 Å². The summed E-state index contributed by atoms with van der Waals surface area (Å²) in [6.07, 6.45) is 7.23. The van der Waals surface area contributed by atoms with E-state index in [1.807, 2.05) is 13.1 Å². The number of aromatic nitrogens is 3. The van der Waals surface area contributed by atoms with Gasteiger partial charge in [-0.25, -0.2) is 9.97 Å². The van der Waals surface area contributed by atoms with Crippen molar-refractivity contribution >= 4 is 16.9 Å². The van der Waals surface area contributed by atoms with Crippen LogP contribution in [-0.2, 0) is 4.74 Å². The van der Waals surface area contributed by atoms with Crippen LogP contribution in [0.25, 0.3) is 11.0 Å². The number of ether oxygens (including phenoxy) is 1. The number of rotatable bonds is 4. The highest BCUT2D eigenvalue weighted by molar-refractivity contribution is 5.87. The van der Waals surface area contributed by atoms with Crippen LogP contribution in [0.15, 0.2) is 18.6 Å². The van der Waals surface area contributed by atoms with Gasteiger partial charge in [-0.2, -0.15) is 0 Å². The predicted octanol–water partition coefficient (Wildman–Crippen LogP) is 2.35. The molecule has 0 amide bonds. The zero-order valence-corrected chi connectivity index (χ0v) is 11.3. The van der Waals surface area contributed by atoms with E-state index in [-0.39, 0.29) is 0 Å². The summed E-state index contributed by atoms with van der Waals surface area (Å²) in [6.45, 7) is 4.65. The Kier molecular flexibility index (Phi) is 3.64. The van der Waals surface area contributed by atoms with Gasteiger partial charge in [0, 0.05) is 19.3 Å². The van der Waals surface area contributed by atoms with Crippen molar-refractivity contribution in [2.45, 2.75) is 32.2 Å². The van der Waals surface area contributed by atoms with Gasteiger partial charge in [0.05, 0.1) is 18.0 Å². The van der Waals surface area contributed by atoms with Gasteiger partial charge in [-0.05, 0) is 32.3 Å². The third-order valence-electron chi connectivity index (χ3n) is 3.75. The first-order chi connectivity index (χ1) is 9.40. The Morgan fingerprint density at radius 3 is 3.26 bits per heavy atom. The highest BCUT2D eigenvalue weighted by Crippen LogP contribution is 2.28. The molecule has 1 N–H and O–H groups in total. The van der Waals surface area contributed by atoms with Crippen molar-refractivity contribution in [3.8, 4) is 0 Å². The lowest BCUT2D eigenvalue weighted by Gasteiger charge is -2.36. The maximum atomic E-state index is 5.63. The molecule has 1 unspecified atom stereocenters. The number of piperidine rings is 1. The third-order valence-corrected chi connectivity index (χ3v) is 3.75. The van der Waals surface area contributed by atoms with E-state index >= 15 is 0 Å². The van der Waals surface area contributed by atoms with Crippen LogP contribution in [-0.4, -0.2) is 40.8 Å². The van der Waals surface area contributed by atoms with E-state index in [0.29, 0.717) is 6.04 Å². The lowest BCUT2D eigenvalue weighted by atomic mass is 10.0. The molecule has 0 bridgehead atoms. The smallest absolute Gasteiger partial charge is 0.142 e. The van der Waals surface area contributed by atoms with Crippen LogP contribution in [0.1, 0.15) is 26.2 Å². The number of hydrogen-bond donors (Lipinski definition) is 1. The minimum Gasteiger partial charge on any atom is -0.380 e. The highest BCUT2D eigenvalue weighted by Gasteiger charge is 2.25. The molecule has 2 aromatic rings. The first-order valence-electron chi connectivity index (χ1n) is 7.02. The number of fused-ring (bicyclic) bond motifs is 1. The van der Waals surface area contributed by atoms with Crippen molar-refractivity contribution in [2.24, 2.45) is 0 Å². The molecule has 2 aromatic heterocycles. The summed E-state index contributed by atoms with van der Waals surface area (Å²) in [7, 11) is 0. The molecule has 5 heteroatoms. The van der Waals surface area contributed by atoms with E-state index < -0.39 is 0 Å². The van der Waals surface area contributed by atoms with E-state index in [9.17, 15) is 0 Å². The molecule has 1 aliphatic rings. The Labute approximate surface area is 113 Å². The molecule has 0 aliphatic carbocycles. The largest absolute Gasteiger partial charge is 0.380 e. The SMILES string of the molecule is CCOCC1CCCCN1c1ncnc2[nH]ccc12. The molecule has 0 radical (unpaired) electrons. The van der Waals surface area contributed by atoms with Gasteiger partial charge in [0.15, 0.2) is 0 Å². The molecule has 1 saturated heterocycles. The van der Waals surface area contributed by atoms with Crippen molar-refractivity contribution in [3.63, 3.8) is 0 Å². The average molecular weight is 260 g/mol. The minimum absolute atomic E-state index is 0.432. The number of nitrogens with zero attached hydrogens (tertiary/aromatic N) is 3. The van der Waals surface area contributed by atoms with Gasteiger partial charge >= 0.3 is 0 Å². The number of nitrogens with one attached hydrogen (secondary N) is 1. The van der Waals surface area contributed by atoms with Crippen LogP contribution in [0, 0.1) is 0 Å². The standard InChI is InChI=1S/C14H20N4O/c1-2-19-9-11-5-3-4-8-18(11)14-12-6-7-15-13(12)16-10-17-14/h6-7,10-11H,2-5,8-9H2,1H3,(H,15,16,17). The maximum Gasteiger partial charge on any atom is 0.142 e. The lowest BCUT2D eigenvalue weighted by molar-refractivity contribution is 0.123. The first-order valence-corrected chi connectivity index (χ1v) is 7.02. The van der Waals surface area contributed by atoms with Gasteiger partial charge in [-0.3, -0.25) is 0 Å². The molecule has 1 fully saturated rings. The molecule has 1 atom stereocenters. The van der Waals surface area contributed by atoms with Gasteiger partial charge in [-0.15, -0.1) is 0 Å². The molecular weight excluding hydrogens is 240 g/mol. The monoisotopic (exact) mass is 260 g/mol. The molecule has 3 rings (SSSR count). The second kappa shape index (κ2) is 5.57. The average Bonchev–Trinajstić information content (AvgIpc) is 2.94. The Hall–Kier alpha value is -1.62. The summed E-state index contributed by atoms with van der Waals surface area (Å²) in [5, 5.41) is 1.10. The minimum atomic E-state index is 0.432. The van der Waals surface area contributed by atoms with Crippen molar-refractivity contribution in [1.29, 1.82) is 0 Å². The Morgan fingerprint density at radius 1 is 1.42 bits per heavy atom. The topological polar surface area (TPSA) is 54.0 Å². The summed E-state index contributed by atoms with van der Waals surface area (Å²) in [4.78, 5) is 14.3. The second-order valence-corrected chi connectivity index (χ2v) is 4.94. The van der Waals surface area contributed by atoms with Gasteiger partial charge in [0.25, 0.3) is 0 Å². The summed E-state index contributed by atoms with van der Waals surface area (Å²) >= 11 is 0. The van der Waals surface area contributed by atoms with Crippen molar-refractivity contribution in [3.05, 3.63) is 18.6 Å². The van der Waals surface area contributed by atoms with Crippen molar-refractivity contribution in [2.75, 3.05) is 24.7 Å². The molecule has 3 heterocycles. The molecule has 102 valence electrons. The summed E-state index contributed by atoms with van der Waals surface area (Å²) in [5.74, 6) is 1.04. The maximum absolute atomic E-state index is 5.63. The van der Waals surface area contributed by atoms with E-state index in [1.165, 1.54) is 19.3 Å². The zero-order valence-electron chi connectivity index (χ0n) is 11.3. The number of anilines is 1. The summed E-state index contributed by atoms with van der Waals surface area (Å²) in [6, 6.07) is 2.48. The van der Waals surface area contributed by atoms with Crippen molar-refractivity contribution in [1.82, 2.24) is 15.0 Å². The molecule has 0 aromatic carbocycles. The van der Waals surface area contributed by atoms with E-state index in [4.69, 9.17) is 4.74 Å². The summed E-state index contributed by atoms with van der Waals surface area (Å²) in [5.41, 5.74) is 0.908. The Bertz CT molecular complexity index is 539. The Balaban J connectivity index is 1.91. The number of H-pyrrole nitrogens is 1. The van der Waals surface area contributed by atoms with Crippen LogP contribution in [0.4, 0.5) is 5.82 Å². The van der Waals surface area contributed by atoms with Crippen LogP contribution in [0.5, 0.6) is 0 Å². The van der Waals surface area contributed by atoms with Gasteiger partial charge in [0.2, 0.25) is 0 Å².